The number of carbonyl (C=O) groups excluding carboxylic acids is 3. The number of fused-ring (bicyclic) bond motifs is 1. The van der Waals surface area contributed by atoms with E-state index in [1.807, 2.05) is 63.2 Å². The lowest BCUT2D eigenvalue weighted by molar-refractivity contribution is -0.145. The van der Waals surface area contributed by atoms with E-state index in [1.165, 1.54) is 0 Å². The van der Waals surface area contributed by atoms with E-state index in [4.69, 9.17) is 5.73 Å². The maximum absolute atomic E-state index is 13.2. The molecule has 4 N–H and O–H groups in total. The summed E-state index contributed by atoms with van der Waals surface area (Å²) in [5.74, 6) is -0.605. The lowest BCUT2D eigenvalue weighted by Crippen LogP contribution is -2.55. The predicted octanol–water partition coefficient (Wildman–Crippen LogP) is 1.98. The van der Waals surface area contributed by atoms with Crippen molar-refractivity contribution in [3.63, 3.8) is 0 Å². The molecule has 1 aliphatic heterocycles. The number of hydrogen-bond donors (Lipinski definition) is 3. The Balaban J connectivity index is 1.78. The van der Waals surface area contributed by atoms with Crippen LogP contribution in [0.3, 0.4) is 0 Å². The lowest BCUT2D eigenvalue weighted by atomic mass is 9.94. The van der Waals surface area contributed by atoms with Gasteiger partial charge in [-0.3, -0.25) is 14.4 Å². The fourth-order valence-corrected chi connectivity index (χ4v) is 4.11. The normalized spacial score (nSPS) is 17.2. The predicted molar refractivity (Wildman–Crippen MR) is 126 cm³/mol. The molecular weight excluding hydrogens is 404 g/mol. The minimum absolute atomic E-state index is 0.0474. The van der Waals surface area contributed by atoms with Gasteiger partial charge in [-0.2, -0.15) is 0 Å². The summed E-state index contributed by atoms with van der Waals surface area (Å²) in [5, 5.41) is 7.90. The van der Waals surface area contributed by atoms with E-state index in [-0.39, 0.29) is 17.7 Å². The van der Waals surface area contributed by atoms with Crippen LogP contribution in [0, 0.1) is 5.41 Å². The maximum atomic E-state index is 13.2. The molecule has 2 aromatic carbocycles. The molecule has 1 heterocycles. The van der Waals surface area contributed by atoms with E-state index in [1.54, 1.807) is 4.90 Å². The molecule has 2 aromatic rings. The number of amides is 3. The van der Waals surface area contributed by atoms with Crippen molar-refractivity contribution in [2.75, 3.05) is 19.6 Å². The number of nitrogens with two attached hydrogens (primary N) is 1. The highest BCUT2D eigenvalue weighted by atomic mass is 16.2. The summed E-state index contributed by atoms with van der Waals surface area (Å²) in [6.45, 7) is 6.77. The molecule has 7 heteroatoms. The summed E-state index contributed by atoms with van der Waals surface area (Å²) < 4.78 is 0. The first kappa shape index (κ1) is 23.7. The summed E-state index contributed by atoms with van der Waals surface area (Å²) in [6, 6.07) is 12.7. The van der Waals surface area contributed by atoms with Crippen molar-refractivity contribution in [1.82, 2.24) is 15.5 Å². The number of likely N-dealkylation sites (tertiary alicyclic amines) is 1. The highest BCUT2D eigenvalue weighted by molar-refractivity contribution is 5.93. The van der Waals surface area contributed by atoms with E-state index in [0.29, 0.717) is 32.5 Å². The van der Waals surface area contributed by atoms with Crippen LogP contribution in [0.15, 0.2) is 42.5 Å². The Bertz CT molecular complexity index is 983. The molecule has 32 heavy (non-hydrogen) atoms. The van der Waals surface area contributed by atoms with Gasteiger partial charge in [0.05, 0.1) is 0 Å². The maximum Gasteiger partial charge on any atom is 0.243 e. The van der Waals surface area contributed by atoms with Crippen molar-refractivity contribution in [1.29, 1.82) is 0 Å². The number of benzene rings is 2. The fraction of sp³-hybridized carbons (Fsp3) is 0.480. The summed E-state index contributed by atoms with van der Waals surface area (Å²) in [4.78, 5) is 40.5. The van der Waals surface area contributed by atoms with E-state index in [0.717, 1.165) is 22.8 Å². The second-order valence-corrected chi connectivity index (χ2v) is 9.43. The first-order chi connectivity index (χ1) is 15.2. The van der Waals surface area contributed by atoms with Gasteiger partial charge in [-0.25, -0.2) is 0 Å². The van der Waals surface area contributed by atoms with Gasteiger partial charge in [0.25, 0.3) is 0 Å². The van der Waals surface area contributed by atoms with Crippen molar-refractivity contribution >= 4 is 28.5 Å². The highest BCUT2D eigenvalue weighted by Crippen LogP contribution is 2.26. The summed E-state index contributed by atoms with van der Waals surface area (Å²) in [5.41, 5.74) is 5.92. The molecule has 0 aliphatic carbocycles. The Morgan fingerprint density at radius 3 is 2.53 bits per heavy atom. The van der Waals surface area contributed by atoms with Gasteiger partial charge >= 0.3 is 0 Å². The number of hydrogen-bond acceptors (Lipinski definition) is 4. The molecule has 1 unspecified atom stereocenters. The molecule has 0 radical (unpaired) electrons. The van der Waals surface area contributed by atoms with Crippen LogP contribution >= 0.6 is 0 Å². The molecule has 0 aromatic heterocycles. The minimum Gasteiger partial charge on any atom is -0.353 e. The monoisotopic (exact) mass is 438 g/mol. The lowest BCUT2D eigenvalue weighted by Gasteiger charge is -2.31. The van der Waals surface area contributed by atoms with Crippen molar-refractivity contribution in [2.45, 2.75) is 52.1 Å². The smallest absolute Gasteiger partial charge is 0.243 e. The van der Waals surface area contributed by atoms with Crippen LogP contribution in [-0.4, -0.2) is 54.3 Å². The van der Waals surface area contributed by atoms with Crippen LogP contribution in [0.2, 0.25) is 0 Å². The minimum atomic E-state index is -0.748. The Morgan fingerprint density at radius 2 is 1.84 bits per heavy atom. The van der Waals surface area contributed by atoms with Gasteiger partial charge in [-0.1, -0.05) is 63.2 Å². The van der Waals surface area contributed by atoms with Crippen LogP contribution in [0.4, 0.5) is 0 Å². The SMILES string of the molecule is CC(C)(C)C(=O)N1CCCC1C(=O)N[C@H](Cc1ccc2ccccc2c1)C(=O)NCCN. The largest absolute Gasteiger partial charge is 0.353 e. The average molecular weight is 439 g/mol. The molecular formula is C25H34N4O3. The molecule has 0 saturated carbocycles. The molecule has 0 spiro atoms. The molecule has 7 nitrogen and oxygen atoms in total. The zero-order valence-electron chi connectivity index (χ0n) is 19.2. The zero-order chi connectivity index (χ0) is 23.3. The van der Waals surface area contributed by atoms with Crippen LogP contribution in [-0.2, 0) is 20.8 Å². The molecule has 2 atom stereocenters. The highest BCUT2D eigenvalue weighted by Gasteiger charge is 2.39. The second-order valence-electron chi connectivity index (χ2n) is 9.43. The van der Waals surface area contributed by atoms with Crippen molar-refractivity contribution in [3.8, 4) is 0 Å². The molecule has 3 rings (SSSR count). The molecule has 1 aliphatic rings. The molecule has 172 valence electrons. The van der Waals surface area contributed by atoms with Gasteiger partial charge in [0.2, 0.25) is 17.7 Å². The van der Waals surface area contributed by atoms with Crippen molar-refractivity contribution in [3.05, 3.63) is 48.0 Å². The van der Waals surface area contributed by atoms with Crippen LogP contribution in [0.25, 0.3) is 10.8 Å². The van der Waals surface area contributed by atoms with Gasteiger partial charge in [0.1, 0.15) is 12.1 Å². The second kappa shape index (κ2) is 10.1. The van der Waals surface area contributed by atoms with E-state index >= 15 is 0 Å². The number of nitrogens with one attached hydrogen (secondary N) is 2. The third-order valence-electron chi connectivity index (χ3n) is 5.79. The topological polar surface area (TPSA) is 105 Å². The first-order valence-corrected chi connectivity index (χ1v) is 11.3. The molecule has 0 bridgehead atoms. The zero-order valence-corrected chi connectivity index (χ0v) is 19.2. The summed E-state index contributed by atoms with van der Waals surface area (Å²) in [6.07, 6.45) is 1.72. The quantitative estimate of drug-likeness (QED) is 0.615. The standard InChI is InChI=1S/C25H34N4O3/c1-25(2,3)24(32)29-14-6-9-21(29)23(31)28-20(22(30)27-13-12-26)16-17-10-11-18-7-4-5-8-19(18)15-17/h4-5,7-8,10-11,15,20-21H,6,9,12-14,16,26H2,1-3H3,(H,27,30)(H,28,31)/t20-,21?/m1/s1. The average Bonchev–Trinajstić information content (AvgIpc) is 3.25. The molecule has 1 saturated heterocycles. The van der Waals surface area contributed by atoms with Crippen LogP contribution in [0.5, 0.6) is 0 Å². The Kier molecular flexibility index (Phi) is 7.51. The van der Waals surface area contributed by atoms with Crippen molar-refractivity contribution < 1.29 is 14.4 Å². The number of rotatable bonds is 7. The number of nitrogens with zero attached hydrogens (tertiary/aromatic N) is 1. The van der Waals surface area contributed by atoms with Crippen molar-refractivity contribution in [2.24, 2.45) is 11.1 Å². The number of carbonyl (C=O) groups is 3. The van der Waals surface area contributed by atoms with Gasteiger partial charge in [0, 0.05) is 31.5 Å². The fourth-order valence-electron chi connectivity index (χ4n) is 4.11. The van der Waals surface area contributed by atoms with Gasteiger partial charge < -0.3 is 21.3 Å². The summed E-state index contributed by atoms with van der Waals surface area (Å²) in [7, 11) is 0. The third-order valence-corrected chi connectivity index (χ3v) is 5.79. The van der Waals surface area contributed by atoms with Gasteiger partial charge in [0.15, 0.2) is 0 Å². The van der Waals surface area contributed by atoms with Gasteiger partial charge in [-0.05, 0) is 29.2 Å². The Labute approximate surface area is 189 Å². The Morgan fingerprint density at radius 1 is 1.12 bits per heavy atom. The van der Waals surface area contributed by atoms with Crippen LogP contribution < -0.4 is 16.4 Å². The Hall–Kier alpha value is -2.93. The summed E-state index contributed by atoms with van der Waals surface area (Å²) >= 11 is 0. The molecule has 3 amide bonds. The van der Waals surface area contributed by atoms with E-state index in [2.05, 4.69) is 10.6 Å². The molecule has 1 fully saturated rings. The first-order valence-electron chi connectivity index (χ1n) is 11.3. The van der Waals surface area contributed by atoms with Crippen LogP contribution in [0.1, 0.15) is 39.2 Å². The van der Waals surface area contributed by atoms with E-state index in [9.17, 15) is 14.4 Å². The van der Waals surface area contributed by atoms with Gasteiger partial charge in [-0.15, -0.1) is 0 Å². The third kappa shape index (κ3) is 5.65. The van der Waals surface area contributed by atoms with E-state index < -0.39 is 17.5 Å².